The number of thioether (sulfide) groups is 1. The zero-order chi connectivity index (χ0) is 15.7. The summed E-state index contributed by atoms with van der Waals surface area (Å²) >= 11 is 1.44. The van der Waals surface area contributed by atoms with Crippen LogP contribution in [0, 0.1) is 0 Å². The van der Waals surface area contributed by atoms with Crippen molar-refractivity contribution in [2.24, 2.45) is 0 Å². The van der Waals surface area contributed by atoms with Crippen molar-refractivity contribution >= 4 is 28.6 Å². The highest BCUT2D eigenvalue weighted by Gasteiger charge is 2.17. The lowest BCUT2D eigenvalue weighted by Gasteiger charge is -2.10. The Bertz CT molecular complexity index is 885. The van der Waals surface area contributed by atoms with Crippen molar-refractivity contribution in [2.45, 2.75) is 18.6 Å². The molecule has 0 bridgehead atoms. The lowest BCUT2D eigenvalue weighted by Crippen LogP contribution is -2.21. The average Bonchev–Trinajstić information content (AvgIpc) is 2.86. The number of rotatable bonds is 4. The highest BCUT2D eigenvalue weighted by molar-refractivity contribution is 7.98. The zero-order valence-corrected chi connectivity index (χ0v) is 13.4. The molecule has 0 amide bonds. The van der Waals surface area contributed by atoms with Crippen molar-refractivity contribution in [1.82, 2.24) is 24.3 Å². The van der Waals surface area contributed by atoms with E-state index in [1.54, 1.807) is 22.6 Å². The van der Waals surface area contributed by atoms with Crippen molar-refractivity contribution < 1.29 is 0 Å². The van der Waals surface area contributed by atoms with Gasteiger partial charge in [0.25, 0.3) is 5.56 Å². The van der Waals surface area contributed by atoms with Crippen LogP contribution in [0.3, 0.4) is 0 Å². The molecule has 0 atom stereocenters. The molecule has 0 saturated carbocycles. The van der Waals surface area contributed by atoms with Gasteiger partial charge in [-0.25, -0.2) is 24.3 Å². The molecule has 0 radical (unpaired) electrons. The van der Waals surface area contributed by atoms with Gasteiger partial charge in [0.1, 0.15) is 11.2 Å². The van der Waals surface area contributed by atoms with Crippen LogP contribution in [0.2, 0.25) is 0 Å². The topological polar surface area (TPSA) is 77.6 Å². The summed E-state index contributed by atoms with van der Waals surface area (Å²) < 4.78 is 3.37. The van der Waals surface area contributed by atoms with Gasteiger partial charge in [-0.1, -0.05) is 17.8 Å². The third-order valence-corrected chi connectivity index (χ3v) is 3.90. The predicted molar refractivity (Wildman–Crippen MR) is 87.9 cm³/mol. The summed E-state index contributed by atoms with van der Waals surface area (Å²) in [6, 6.07) is 5.61. The van der Waals surface area contributed by atoms with Gasteiger partial charge in [-0.2, -0.15) is 0 Å². The fraction of sp³-hybridized carbons (Fsp3) is 0.286. The maximum atomic E-state index is 12.5. The fourth-order valence-corrected chi connectivity index (χ4v) is 2.65. The fourth-order valence-electron chi connectivity index (χ4n) is 2.31. The molecular weight excluding hydrogens is 300 g/mol. The van der Waals surface area contributed by atoms with Crippen LogP contribution in [0.5, 0.6) is 0 Å². The monoisotopic (exact) mass is 316 g/mol. The number of hydrogen-bond acceptors (Lipinski definition) is 6. The van der Waals surface area contributed by atoms with Gasteiger partial charge < -0.3 is 5.32 Å². The Morgan fingerprint density at radius 1 is 1.32 bits per heavy atom. The largest absolute Gasteiger partial charge is 0.373 e. The van der Waals surface area contributed by atoms with Crippen molar-refractivity contribution in [3.63, 3.8) is 0 Å². The van der Waals surface area contributed by atoms with Gasteiger partial charge >= 0.3 is 0 Å². The first-order valence-corrected chi connectivity index (χ1v) is 8.09. The first-order valence-electron chi connectivity index (χ1n) is 6.87. The molecule has 3 aromatic heterocycles. The number of nitrogens with zero attached hydrogens (tertiary/aromatic N) is 5. The van der Waals surface area contributed by atoms with E-state index in [-0.39, 0.29) is 5.56 Å². The van der Waals surface area contributed by atoms with E-state index in [4.69, 9.17) is 0 Å². The third kappa shape index (κ3) is 2.25. The average molecular weight is 316 g/mol. The Morgan fingerprint density at radius 2 is 2.14 bits per heavy atom. The predicted octanol–water partition coefficient (Wildman–Crippen LogP) is 1.76. The standard InChI is InChI=1S/C14H16N6OS/c1-4-19-13(21)9-8-16-14(22-3)18-12(9)20(19)11-7-5-6-10(15-2)17-11/h5-8H,4H2,1-3H3,(H,15,17). The van der Waals surface area contributed by atoms with Gasteiger partial charge in [-0.15, -0.1) is 0 Å². The first-order chi connectivity index (χ1) is 10.7. The summed E-state index contributed by atoms with van der Waals surface area (Å²) in [5.74, 6) is 1.38. The molecule has 7 nitrogen and oxygen atoms in total. The van der Waals surface area contributed by atoms with Crippen molar-refractivity contribution in [3.05, 3.63) is 34.7 Å². The molecule has 0 aliphatic carbocycles. The number of aromatic nitrogens is 5. The maximum absolute atomic E-state index is 12.5. The van der Waals surface area contributed by atoms with Crippen LogP contribution < -0.4 is 10.9 Å². The molecule has 8 heteroatoms. The third-order valence-electron chi connectivity index (χ3n) is 3.34. The van der Waals surface area contributed by atoms with Crippen LogP contribution in [0.4, 0.5) is 5.82 Å². The van der Waals surface area contributed by atoms with E-state index in [0.717, 1.165) is 5.82 Å². The van der Waals surface area contributed by atoms with E-state index < -0.39 is 0 Å². The molecule has 0 fully saturated rings. The van der Waals surface area contributed by atoms with E-state index in [1.807, 2.05) is 31.4 Å². The van der Waals surface area contributed by atoms with Crippen molar-refractivity contribution in [1.29, 1.82) is 0 Å². The van der Waals surface area contributed by atoms with Crippen LogP contribution in [0.25, 0.3) is 16.9 Å². The molecule has 0 saturated heterocycles. The van der Waals surface area contributed by atoms with Crippen molar-refractivity contribution in [3.8, 4) is 5.82 Å². The molecule has 0 aromatic carbocycles. The van der Waals surface area contributed by atoms with E-state index >= 15 is 0 Å². The van der Waals surface area contributed by atoms with E-state index in [2.05, 4.69) is 20.3 Å². The van der Waals surface area contributed by atoms with Gasteiger partial charge in [-0.05, 0) is 25.3 Å². The highest BCUT2D eigenvalue weighted by Crippen LogP contribution is 2.18. The lowest BCUT2D eigenvalue weighted by molar-refractivity contribution is 0.567. The van der Waals surface area contributed by atoms with Gasteiger partial charge in [0.15, 0.2) is 16.6 Å². The van der Waals surface area contributed by atoms with E-state index in [9.17, 15) is 4.79 Å². The van der Waals surface area contributed by atoms with Crippen LogP contribution in [-0.2, 0) is 6.54 Å². The molecule has 0 spiro atoms. The molecular formula is C14H16N6OS. The van der Waals surface area contributed by atoms with Crippen LogP contribution in [-0.4, -0.2) is 37.6 Å². The summed E-state index contributed by atoms with van der Waals surface area (Å²) in [4.78, 5) is 25.7. The van der Waals surface area contributed by atoms with Crippen LogP contribution in [0.15, 0.2) is 34.3 Å². The van der Waals surface area contributed by atoms with Crippen LogP contribution in [0.1, 0.15) is 6.92 Å². The summed E-state index contributed by atoms with van der Waals surface area (Å²) in [6.07, 6.45) is 3.49. The Balaban J connectivity index is 2.37. The number of anilines is 1. The van der Waals surface area contributed by atoms with Crippen LogP contribution >= 0.6 is 11.8 Å². The zero-order valence-electron chi connectivity index (χ0n) is 12.6. The molecule has 3 rings (SSSR count). The second-order valence-corrected chi connectivity index (χ2v) is 5.33. The molecule has 3 aromatic rings. The molecule has 0 unspecified atom stereocenters. The summed E-state index contributed by atoms with van der Waals surface area (Å²) in [5, 5.41) is 4.12. The number of hydrogen-bond donors (Lipinski definition) is 1. The quantitative estimate of drug-likeness (QED) is 0.584. The van der Waals surface area contributed by atoms with Gasteiger partial charge in [0.05, 0.1) is 0 Å². The summed E-state index contributed by atoms with van der Waals surface area (Å²) in [6.45, 7) is 2.44. The molecule has 114 valence electrons. The SMILES string of the molecule is CCn1c(=O)c2cnc(SC)nc2n1-c1cccc(NC)n1. The van der Waals surface area contributed by atoms with E-state index in [1.165, 1.54) is 11.8 Å². The Morgan fingerprint density at radius 3 is 2.82 bits per heavy atom. The minimum absolute atomic E-state index is 0.109. The van der Waals surface area contributed by atoms with Gasteiger partial charge in [0, 0.05) is 19.8 Å². The molecule has 0 aliphatic rings. The normalized spacial score (nSPS) is 11.0. The molecule has 1 N–H and O–H groups in total. The summed E-state index contributed by atoms with van der Waals surface area (Å²) in [7, 11) is 1.81. The Labute approximate surface area is 131 Å². The minimum atomic E-state index is -0.109. The number of pyridine rings is 1. The smallest absolute Gasteiger partial charge is 0.278 e. The van der Waals surface area contributed by atoms with Crippen molar-refractivity contribution in [2.75, 3.05) is 18.6 Å². The number of nitrogens with one attached hydrogen (secondary N) is 1. The molecule has 22 heavy (non-hydrogen) atoms. The first kappa shape index (κ1) is 14.6. The van der Waals surface area contributed by atoms with Gasteiger partial charge in [-0.3, -0.25) is 4.79 Å². The van der Waals surface area contributed by atoms with E-state index in [0.29, 0.717) is 28.6 Å². The minimum Gasteiger partial charge on any atom is -0.373 e. The maximum Gasteiger partial charge on any atom is 0.278 e. The van der Waals surface area contributed by atoms with Gasteiger partial charge in [0.2, 0.25) is 0 Å². The molecule has 3 heterocycles. The number of fused-ring (bicyclic) bond motifs is 1. The lowest BCUT2D eigenvalue weighted by atomic mass is 10.4. The summed E-state index contributed by atoms with van der Waals surface area (Å²) in [5.41, 5.74) is 0.466. The Kier molecular flexibility index (Phi) is 3.84. The second-order valence-electron chi connectivity index (χ2n) is 4.56. The highest BCUT2D eigenvalue weighted by atomic mass is 32.2. The Hall–Kier alpha value is -2.35. The molecule has 0 aliphatic heterocycles. The second kappa shape index (κ2) is 5.80.